The lowest BCUT2D eigenvalue weighted by Crippen LogP contribution is -2.26. The fourth-order valence-electron chi connectivity index (χ4n) is 2.33. The van der Waals surface area contributed by atoms with Gasteiger partial charge in [0.25, 0.3) is 5.56 Å². The van der Waals surface area contributed by atoms with Gasteiger partial charge in [-0.05, 0) is 37.4 Å². The first-order valence-corrected chi connectivity index (χ1v) is 9.57. The molecule has 1 N–H and O–H groups in total. The van der Waals surface area contributed by atoms with Gasteiger partial charge in [0, 0.05) is 12.6 Å². The molecule has 26 heavy (non-hydrogen) atoms. The van der Waals surface area contributed by atoms with E-state index in [-0.39, 0.29) is 11.2 Å². The molecule has 0 aliphatic rings. The van der Waals surface area contributed by atoms with E-state index >= 15 is 0 Å². The molecule has 2 heterocycles. The van der Waals surface area contributed by atoms with Crippen molar-refractivity contribution in [1.82, 2.24) is 9.55 Å². The molecule has 1 aromatic carbocycles. The molecule has 0 spiro atoms. The fraction of sp³-hybridized carbons (Fsp3) is 0.235. The minimum absolute atomic E-state index is 0.0991. The van der Waals surface area contributed by atoms with Crippen LogP contribution < -0.4 is 10.9 Å². The van der Waals surface area contributed by atoms with Crippen molar-refractivity contribution in [3.8, 4) is 0 Å². The average Bonchev–Trinajstić information content (AvgIpc) is 3.06. The predicted octanol–water partition coefficient (Wildman–Crippen LogP) is 3.88. The number of nitrogens with zero attached hydrogens (tertiary/aromatic N) is 2. The Kier molecular flexibility index (Phi) is 5.38. The molecule has 136 valence electrons. The first kappa shape index (κ1) is 18.5. The van der Waals surface area contributed by atoms with Crippen molar-refractivity contribution in [2.75, 3.05) is 5.32 Å². The number of fused-ring (bicyclic) bond motifs is 1. The van der Waals surface area contributed by atoms with E-state index in [0.717, 1.165) is 23.9 Å². The van der Waals surface area contributed by atoms with E-state index in [2.05, 4.69) is 10.3 Å². The summed E-state index contributed by atoms with van der Waals surface area (Å²) in [5.41, 5.74) is 0.342. The predicted molar refractivity (Wildman–Crippen MR) is 99.9 cm³/mol. The number of thioether (sulfide) groups is 1. The number of amides is 1. The summed E-state index contributed by atoms with van der Waals surface area (Å²) in [7, 11) is 0. The zero-order valence-corrected chi connectivity index (χ0v) is 15.6. The second-order valence-corrected chi connectivity index (χ2v) is 7.68. The summed E-state index contributed by atoms with van der Waals surface area (Å²) in [6, 6.07) is 4.69. The molecule has 9 heteroatoms. The van der Waals surface area contributed by atoms with E-state index in [0.29, 0.717) is 28.0 Å². The van der Waals surface area contributed by atoms with Crippen LogP contribution in [0.4, 0.5) is 14.5 Å². The van der Waals surface area contributed by atoms with Crippen LogP contribution in [0.3, 0.4) is 0 Å². The van der Waals surface area contributed by atoms with Crippen LogP contribution >= 0.6 is 23.1 Å². The molecule has 0 fully saturated rings. The van der Waals surface area contributed by atoms with Crippen LogP contribution in [-0.4, -0.2) is 20.7 Å². The van der Waals surface area contributed by atoms with E-state index in [1.54, 1.807) is 18.4 Å². The zero-order chi connectivity index (χ0) is 18.8. The molecule has 2 aromatic heterocycles. The van der Waals surface area contributed by atoms with Crippen LogP contribution in [0.15, 0.2) is 39.6 Å². The highest BCUT2D eigenvalue weighted by Gasteiger charge is 2.20. The number of rotatable bonds is 5. The summed E-state index contributed by atoms with van der Waals surface area (Å²) in [6.45, 7) is 3.87. The van der Waals surface area contributed by atoms with Gasteiger partial charge in [-0.2, -0.15) is 0 Å². The highest BCUT2D eigenvalue weighted by molar-refractivity contribution is 8.00. The third kappa shape index (κ3) is 3.63. The van der Waals surface area contributed by atoms with Crippen molar-refractivity contribution in [3.05, 3.63) is 51.6 Å². The number of hydrogen-bond acceptors (Lipinski definition) is 5. The maximum Gasteiger partial charge on any atom is 0.272 e. The van der Waals surface area contributed by atoms with E-state index in [1.165, 1.54) is 15.9 Å². The van der Waals surface area contributed by atoms with Gasteiger partial charge in [-0.15, -0.1) is 11.3 Å². The fourth-order valence-corrected chi connectivity index (χ4v) is 4.08. The highest BCUT2D eigenvalue weighted by atomic mass is 32.2. The van der Waals surface area contributed by atoms with Crippen molar-refractivity contribution >= 4 is 44.9 Å². The second kappa shape index (κ2) is 7.55. The van der Waals surface area contributed by atoms with Gasteiger partial charge in [0.05, 0.1) is 16.5 Å². The van der Waals surface area contributed by atoms with Crippen LogP contribution in [0, 0.1) is 11.6 Å². The van der Waals surface area contributed by atoms with Crippen molar-refractivity contribution in [2.24, 2.45) is 0 Å². The van der Waals surface area contributed by atoms with E-state index < -0.39 is 22.8 Å². The number of thiophene rings is 1. The van der Waals surface area contributed by atoms with Crippen LogP contribution in [0.1, 0.15) is 13.8 Å². The average molecular weight is 395 g/mol. The summed E-state index contributed by atoms with van der Waals surface area (Å²) >= 11 is 2.44. The number of halogens is 2. The minimum Gasteiger partial charge on any atom is -0.323 e. The third-order valence-electron chi connectivity index (χ3n) is 3.69. The number of benzene rings is 1. The van der Waals surface area contributed by atoms with Gasteiger partial charge in [0.2, 0.25) is 5.91 Å². The van der Waals surface area contributed by atoms with Gasteiger partial charge in [0.1, 0.15) is 16.3 Å². The molecule has 1 amide bonds. The molecule has 3 rings (SSSR count). The van der Waals surface area contributed by atoms with Gasteiger partial charge in [-0.25, -0.2) is 13.8 Å². The van der Waals surface area contributed by atoms with Gasteiger partial charge in [0.15, 0.2) is 5.16 Å². The number of carbonyl (C=O) groups is 1. The summed E-state index contributed by atoms with van der Waals surface area (Å²) in [5.74, 6) is -2.04. The Balaban J connectivity index is 1.83. The zero-order valence-electron chi connectivity index (χ0n) is 14.0. The maximum absolute atomic E-state index is 13.7. The molecule has 3 aromatic rings. The SMILES string of the molecule is CCn1c(SC(C)C(=O)Nc2ccc(F)cc2F)nc2ccsc2c1=O. The van der Waals surface area contributed by atoms with Crippen LogP contribution in [0.2, 0.25) is 0 Å². The summed E-state index contributed by atoms with van der Waals surface area (Å²) in [5, 5.41) is 4.00. The smallest absolute Gasteiger partial charge is 0.272 e. The Hall–Kier alpha value is -2.26. The Morgan fingerprint density at radius 3 is 2.85 bits per heavy atom. The number of hydrogen-bond donors (Lipinski definition) is 1. The maximum atomic E-state index is 13.7. The van der Waals surface area contributed by atoms with Crippen molar-refractivity contribution in [3.63, 3.8) is 0 Å². The Morgan fingerprint density at radius 2 is 2.15 bits per heavy atom. The summed E-state index contributed by atoms with van der Waals surface area (Å²) in [6.07, 6.45) is 0. The lowest BCUT2D eigenvalue weighted by molar-refractivity contribution is -0.115. The number of anilines is 1. The standard InChI is InChI=1S/C17H15F2N3O2S2/c1-3-22-16(24)14-13(6-7-25-14)21-17(22)26-9(2)15(23)20-12-5-4-10(18)8-11(12)19/h4-9H,3H2,1-2H3,(H,20,23). The molecule has 5 nitrogen and oxygen atoms in total. The van der Waals surface area contributed by atoms with Gasteiger partial charge >= 0.3 is 0 Å². The number of carbonyl (C=O) groups excluding carboxylic acids is 1. The quantitative estimate of drug-likeness (QED) is 0.526. The van der Waals surface area contributed by atoms with Gasteiger partial charge in [-0.1, -0.05) is 11.8 Å². The molecule has 0 radical (unpaired) electrons. The van der Waals surface area contributed by atoms with Crippen LogP contribution in [-0.2, 0) is 11.3 Å². The first-order chi connectivity index (χ1) is 12.4. The third-order valence-corrected chi connectivity index (χ3v) is 5.67. The lowest BCUT2D eigenvalue weighted by Gasteiger charge is -2.15. The van der Waals surface area contributed by atoms with Gasteiger partial charge < -0.3 is 5.32 Å². The molecule has 0 aliphatic heterocycles. The Bertz CT molecular complexity index is 1030. The molecule has 0 saturated heterocycles. The van der Waals surface area contributed by atoms with E-state index in [9.17, 15) is 18.4 Å². The van der Waals surface area contributed by atoms with Crippen molar-refractivity contribution in [1.29, 1.82) is 0 Å². The summed E-state index contributed by atoms with van der Waals surface area (Å²) in [4.78, 5) is 29.3. The first-order valence-electron chi connectivity index (χ1n) is 7.81. The lowest BCUT2D eigenvalue weighted by atomic mass is 10.3. The van der Waals surface area contributed by atoms with Crippen LogP contribution in [0.25, 0.3) is 10.2 Å². The molecule has 0 bridgehead atoms. The Morgan fingerprint density at radius 1 is 1.38 bits per heavy atom. The molecular formula is C17H15F2N3O2S2. The number of aromatic nitrogens is 2. The van der Waals surface area contributed by atoms with Gasteiger partial charge in [-0.3, -0.25) is 14.2 Å². The molecular weight excluding hydrogens is 380 g/mol. The molecule has 1 atom stereocenters. The topological polar surface area (TPSA) is 64.0 Å². The van der Waals surface area contributed by atoms with Crippen molar-refractivity contribution in [2.45, 2.75) is 30.8 Å². The Labute approximate surface area is 156 Å². The minimum atomic E-state index is -0.848. The largest absolute Gasteiger partial charge is 0.323 e. The molecule has 1 unspecified atom stereocenters. The highest BCUT2D eigenvalue weighted by Crippen LogP contribution is 2.25. The van der Waals surface area contributed by atoms with E-state index in [1.807, 2.05) is 6.92 Å². The normalized spacial score (nSPS) is 12.3. The summed E-state index contributed by atoms with van der Waals surface area (Å²) < 4.78 is 28.7. The molecule has 0 aliphatic carbocycles. The van der Waals surface area contributed by atoms with E-state index in [4.69, 9.17) is 0 Å². The second-order valence-electron chi connectivity index (χ2n) is 5.45. The molecule has 0 saturated carbocycles. The number of nitrogens with one attached hydrogen (secondary N) is 1. The monoisotopic (exact) mass is 395 g/mol. The van der Waals surface area contributed by atoms with Crippen molar-refractivity contribution < 1.29 is 13.6 Å². The van der Waals surface area contributed by atoms with Crippen LogP contribution in [0.5, 0.6) is 0 Å².